The second-order valence-electron chi connectivity index (χ2n) is 4.63. The highest BCUT2D eigenvalue weighted by atomic mass is 79.9. The summed E-state index contributed by atoms with van der Waals surface area (Å²) in [5.74, 6) is 1.45. The Morgan fingerprint density at radius 1 is 1.05 bits per heavy atom. The Balaban J connectivity index is 2.07. The molecule has 0 bridgehead atoms. The highest BCUT2D eigenvalue weighted by molar-refractivity contribution is 9.10. The van der Waals surface area contributed by atoms with Crippen molar-refractivity contribution in [1.29, 1.82) is 5.26 Å². The van der Waals surface area contributed by atoms with Gasteiger partial charge in [-0.2, -0.15) is 5.26 Å². The number of hydrogen-bond donors (Lipinski definition) is 0. The quantitative estimate of drug-likeness (QED) is 0.366. The van der Waals surface area contributed by atoms with Crippen molar-refractivity contribution in [1.82, 2.24) is 9.97 Å². The van der Waals surface area contributed by atoms with Crippen molar-refractivity contribution in [3.63, 3.8) is 0 Å². The van der Waals surface area contributed by atoms with Crippen LogP contribution in [0.2, 0.25) is 0 Å². The van der Waals surface area contributed by atoms with E-state index in [1.165, 1.54) is 0 Å². The van der Waals surface area contributed by atoms with Gasteiger partial charge in [-0.1, -0.05) is 46.3 Å². The summed E-state index contributed by atoms with van der Waals surface area (Å²) in [5, 5.41) is 10.7. The standard InChI is InChI=1S/C17H12BrN3S/c18-13-8-6-12(7-9-13)16-20-15-5-2-1-4-14(15)17(21-16)22-11-3-10-19/h1-2,4-9H,3,11H2. The number of aromatic nitrogens is 2. The van der Waals surface area contributed by atoms with Gasteiger partial charge in [-0.15, -0.1) is 11.8 Å². The van der Waals surface area contributed by atoms with Gasteiger partial charge >= 0.3 is 0 Å². The predicted molar refractivity (Wildman–Crippen MR) is 93.6 cm³/mol. The van der Waals surface area contributed by atoms with E-state index in [-0.39, 0.29) is 0 Å². The Bertz CT molecular complexity index is 841. The van der Waals surface area contributed by atoms with Crippen LogP contribution in [0, 0.1) is 11.3 Å². The first-order chi connectivity index (χ1) is 10.8. The van der Waals surface area contributed by atoms with Gasteiger partial charge in [-0.3, -0.25) is 0 Å². The molecule has 2 aromatic carbocycles. The first kappa shape index (κ1) is 15.0. The lowest BCUT2D eigenvalue weighted by Gasteiger charge is -2.08. The zero-order chi connectivity index (χ0) is 15.4. The van der Waals surface area contributed by atoms with Gasteiger partial charge in [0.2, 0.25) is 0 Å². The van der Waals surface area contributed by atoms with Crippen LogP contribution in [0.15, 0.2) is 58.0 Å². The normalized spacial score (nSPS) is 10.5. The molecule has 0 aliphatic heterocycles. The third-order valence-corrected chi connectivity index (χ3v) is 4.64. The Hall–Kier alpha value is -1.90. The minimum Gasteiger partial charge on any atom is -0.228 e. The Morgan fingerprint density at radius 3 is 2.59 bits per heavy atom. The molecule has 22 heavy (non-hydrogen) atoms. The lowest BCUT2D eigenvalue weighted by atomic mass is 10.2. The number of halogens is 1. The fraction of sp³-hybridized carbons (Fsp3) is 0.118. The van der Waals surface area contributed by atoms with Crippen LogP contribution in [0.4, 0.5) is 0 Å². The summed E-state index contributed by atoms with van der Waals surface area (Å²) >= 11 is 5.04. The molecular weight excluding hydrogens is 358 g/mol. The van der Waals surface area contributed by atoms with E-state index in [0.29, 0.717) is 12.2 Å². The van der Waals surface area contributed by atoms with Crippen LogP contribution < -0.4 is 0 Å². The number of fused-ring (bicyclic) bond motifs is 1. The third-order valence-electron chi connectivity index (χ3n) is 3.12. The molecule has 0 aliphatic carbocycles. The van der Waals surface area contributed by atoms with Gasteiger partial charge in [-0.05, 0) is 18.2 Å². The topological polar surface area (TPSA) is 49.6 Å². The molecule has 0 fully saturated rings. The fourth-order valence-electron chi connectivity index (χ4n) is 2.08. The smallest absolute Gasteiger partial charge is 0.161 e. The van der Waals surface area contributed by atoms with Crippen LogP contribution in [-0.2, 0) is 0 Å². The lowest BCUT2D eigenvalue weighted by Crippen LogP contribution is -1.94. The van der Waals surface area contributed by atoms with E-state index in [9.17, 15) is 0 Å². The van der Waals surface area contributed by atoms with Crippen LogP contribution in [0.3, 0.4) is 0 Å². The lowest BCUT2D eigenvalue weighted by molar-refractivity contribution is 1.10. The molecule has 0 amide bonds. The van der Waals surface area contributed by atoms with Gasteiger partial charge in [0.15, 0.2) is 5.82 Å². The molecule has 3 rings (SSSR count). The minimum atomic E-state index is 0.511. The van der Waals surface area contributed by atoms with Crippen LogP contribution >= 0.6 is 27.7 Å². The molecule has 0 spiro atoms. The van der Waals surface area contributed by atoms with E-state index in [1.54, 1.807) is 11.8 Å². The molecule has 3 aromatic rings. The average molecular weight is 370 g/mol. The zero-order valence-electron chi connectivity index (χ0n) is 11.7. The summed E-state index contributed by atoms with van der Waals surface area (Å²) in [7, 11) is 0. The van der Waals surface area contributed by atoms with Crippen LogP contribution in [0.1, 0.15) is 6.42 Å². The molecule has 0 saturated heterocycles. The minimum absolute atomic E-state index is 0.511. The van der Waals surface area contributed by atoms with E-state index >= 15 is 0 Å². The molecule has 108 valence electrons. The second kappa shape index (κ2) is 6.91. The van der Waals surface area contributed by atoms with E-state index < -0.39 is 0 Å². The van der Waals surface area contributed by atoms with Crippen LogP contribution in [-0.4, -0.2) is 15.7 Å². The number of nitrogens with zero attached hydrogens (tertiary/aromatic N) is 3. The summed E-state index contributed by atoms with van der Waals surface area (Å²) in [6, 6.07) is 18.1. The summed E-state index contributed by atoms with van der Waals surface area (Å²) in [6.45, 7) is 0. The van der Waals surface area contributed by atoms with Crippen molar-refractivity contribution < 1.29 is 0 Å². The molecule has 0 aliphatic rings. The van der Waals surface area contributed by atoms with Gasteiger partial charge in [-0.25, -0.2) is 9.97 Å². The molecule has 0 radical (unpaired) electrons. The number of thioether (sulfide) groups is 1. The van der Waals surface area contributed by atoms with Gasteiger partial charge in [0, 0.05) is 27.6 Å². The van der Waals surface area contributed by atoms with Crippen LogP contribution in [0.5, 0.6) is 0 Å². The SMILES string of the molecule is N#CCCSc1nc(-c2ccc(Br)cc2)nc2ccccc12. The van der Waals surface area contributed by atoms with Gasteiger partial charge in [0.1, 0.15) is 5.03 Å². The highest BCUT2D eigenvalue weighted by Gasteiger charge is 2.09. The molecule has 1 aromatic heterocycles. The summed E-state index contributed by atoms with van der Waals surface area (Å²) in [4.78, 5) is 9.36. The van der Waals surface area contributed by atoms with Crippen molar-refractivity contribution >= 4 is 38.6 Å². The highest BCUT2D eigenvalue weighted by Crippen LogP contribution is 2.29. The first-order valence-electron chi connectivity index (χ1n) is 6.80. The average Bonchev–Trinajstić information content (AvgIpc) is 2.55. The number of nitriles is 1. The maximum absolute atomic E-state index is 8.72. The monoisotopic (exact) mass is 369 g/mol. The third kappa shape index (κ3) is 3.29. The van der Waals surface area contributed by atoms with Crippen molar-refractivity contribution in [3.8, 4) is 17.5 Å². The van der Waals surface area contributed by atoms with Crippen molar-refractivity contribution in [2.45, 2.75) is 11.4 Å². The summed E-state index contributed by atoms with van der Waals surface area (Å²) in [6.07, 6.45) is 0.511. The van der Waals surface area contributed by atoms with E-state index in [2.05, 4.69) is 27.0 Å². The second-order valence-corrected chi connectivity index (χ2v) is 6.63. The number of para-hydroxylation sites is 1. The Kier molecular flexibility index (Phi) is 4.71. The van der Waals surface area contributed by atoms with Gasteiger partial charge < -0.3 is 0 Å². The van der Waals surface area contributed by atoms with Crippen molar-refractivity contribution in [3.05, 3.63) is 53.0 Å². The van der Waals surface area contributed by atoms with E-state index in [4.69, 9.17) is 10.2 Å². The number of hydrogen-bond acceptors (Lipinski definition) is 4. The van der Waals surface area contributed by atoms with Crippen LogP contribution in [0.25, 0.3) is 22.3 Å². The maximum Gasteiger partial charge on any atom is 0.161 e. The van der Waals surface area contributed by atoms with Crippen molar-refractivity contribution in [2.75, 3.05) is 5.75 Å². The number of benzene rings is 2. The van der Waals surface area contributed by atoms with Gasteiger partial charge in [0.05, 0.1) is 11.6 Å². The van der Waals surface area contributed by atoms with Crippen molar-refractivity contribution in [2.24, 2.45) is 0 Å². The van der Waals surface area contributed by atoms with E-state index in [1.807, 2.05) is 48.5 Å². The molecule has 0 saturated carbocycles. The number of rotatable bonds is 4. The molecule has 0 N–H and O–H groups in total. The van der Waals surface area contributed by atoms with E-state index in [0.717, 1.165) is 31.7 Å². The maximum atomic E-state index is 8.72. The molecule has 3 nitrogen and oxygen atoms in total. The largest absolute Gasteiger partial charge is 0.228 e. The zero-order valence-corrected chi connectivity index (χ0v) is 14.1. The molecular formula is C17H12BrN3S. The molecule has 5 heteroatoms. The molecule has 0 unspecified atom stereocenters. The summed E-state index contributed by atoms with van der Waals surface area (Å²) < 4.78 is 1.03. The Labute approximate surface area is 141 Å². The first-order valence-corrected chi connectivity index (χ1v) is 8.58. The Morgan fingerprint density at radius 2 is 1.82 bits per heavy atom. The fourth-order valence-corrected chi connectivity index (χ4v) is 3.21. The molecule has 1 heterocycles. The molecule has 0 atom stereocenters. The summed E-state index contributed by atoms with van der Waals surface area (Å²) in [5.41, 5.74) is 1.91. The predicted octanol–water partition coefficient (Wildman–Crippen LogP) is 5.07. The van der Waals surface area contributed by atoms with Gasteiger partial charge in [0.25, 0.3) is 0 Å².